The minimum atomic E-state index is 0. The van der Waals surface area contributed by atoms with E-state index in [0.717, 1.165) is 25.1 Å². The van der Waals surface area contributed by atoms with Gasteiger partial charge in [0.25, 0.3) is 0 Å². The van der Waals surface area contributed by atoms with Crippen LogP contribution in [0.4, 0.5) is 0 Å². The predicted molar refractivity (Wildman–Crippen MR) is 56.9 cm³/mol. The molecule has 0 saturated carbocycles. The molecule has 0 fully saturated rings. The maximum absolute atomic E-state index is 4.41. The average molecular weight is 180 g/mol. The van der Waals surface area contributed by atoms with Crippen LogP contribution in [0.25, 0.3) is 0 Å². The van der Waals surface area contributed by atoms with Crippen LogP contribution >= 0.6 is 0 Å². The second-order valence-electron chi connectivity index (χ2n) is 2.83. The van der Waals surface area contributed by atoms with Gasteiger partial charge in [-0.3, -0.25) is 0 Å². The summed E-state index contributed by atoms with van der Waals surface area (Å²) < 4.78 is 0. The van der Waals surface area contributed by atoms with Crippen LogP contribution in [0.1, 0.15) is 45.4 Å². The van der Waals surface area contributed by atoms with Gasteiger partial charge in [0, 0.05) is 17.8 Å². The second kappa shape index (κ2) is 5.68. The molecule has 1 rings (SSSR count). The van der Waals surface area contributed by atoms with E-state index in [2.05, 4.69) is 36.8 Å². The quantitative estimate of drug-likeness (QED) is 0.714. The smallest absolute Gasteiger partial charge is 0.128 e. The minimum absolute atomic E-state index is 0. The highest BCUT2D eigenvalue weighted by Gasteiger charge is 1.99. The molecule has 0 N–H and O–H groups in total. The summed E-state index contributed by atoms with van der Waals surface area (Å²) >= 11 is 0. The Bertz CT molecular complexity index is 201. The van der Waals surface area contributed by atoms with Crippen molar-refractivity contribution in [1.29, 1.82) is 0 Å². The Labute approximate surface area is 81.4 Å². The lowest BCUT2D eigenvalue weighted by molar-refractivity contribution is 0.847. The van der Waals surface area contributed by atoms with Gasteiger partial charge in [-0.15, -0.1) is 0 Å². The van der Waals surface area contributed by atoms with Crippen LogP contribution in [0.2, 0.25) is 0 Å². The lowest BCUT2D eigenvalue weighted by Crippen LogP contribution is -2.01. The van der Waals surface area contributed by atoms with E-state index in [0.29, 0.717) is 0 Å². The van der Waals surface area contributed by atoms with Gasteiger partial charge >= 0.3 is 0 Å². The summed E-state index contributed by atoms with van der Waals surface area (Å²) in [7, 11) is 0. The first kappa shape index (κ1) is 12.1. The van der Waals surface area contributed by atoms with Crippen LogP contribution in [0, 0.1) is 0 Å². The second-order valence-corrected chi connectivity index (χ2v) is 2.83. The fourth-order valence-electron chi connectivity index (χ4n) is 1.13. The molecule has 0 radical (unpaired) electrons. The van der Waals surface area contributed by atoms with Gasteiger partial charge < -0.3 is 0 Å². The van der Waals surface area contributed by atoms with Gasteiger partial charge in [0.2, 0.25) is 0 Å². The maximum atomic E-state index is 4.41. The van der Waals surface area contributed by atoms with Gasteiger partial charge in [-0.1, -0.05) is 28.2 Å². The molecular weight excluding hydrogens is 160 g/mol. The molecule has 0 spiro atoms. The Balaban J connectivity index is 0.00000144. The van der Waals surface area contributed by atoms with Crippen molar-refractivity contribution in [2.24, 2.45) is 0 Å². The van der Waals surface area contributed by atoms with Crippen LogP contribution in [0.3, 0.4) is 0 Å². The van der Waals surface area contributed by atoms with E-state index < -0.39 is 0 Å². The summed E-state index contributed by atoms with van der Waals surface area (Å²) in [6.45, 7) is 6.34. The van der Waals surface area contributed by atoms with E-state index >= 15 is 0 Å². The minimum Gasteiger partial charge on any atom is -0.238 e. The van der Waals surface area contributed by atoms with Crippen molar-refractivity contribution in [3.05, 3.63) is 23.3 Å². The molecule has 0 unspecified atom stereocenters. The normalized spacial score (nSPS) is 9.46. The molecule has 0 aliphatic carbocycles. The van der Waals surface area contributed by atoms with Crippen LogP contribution in [-0.4, -0.2) is 9.97 Å². The lowest BCUT2D eigenvalue weighted by Gasteiger charge is -2.03. The van der Waals surface area contributed by atoms with Gasteiger partial charge in [-0.2, -0.15) is 0 Å². The number of aryl methyl sites for hydroxylation is 3. The third kappa shape index (κ3) is 3.13. The molecule has 1 heterocycles. The number of rotatable bonds is 3. The third-order valence-electron chi connectivity index (χ3n) is 1.92. The van der Waals surface area contributed by atoms with Gasteiger partial charge in [0.05, 0.1) is 0 Å². The van der Waals surface area contributed by atoms with Gasteiger partial charge in [-0.25, -0.2) is 9.97 Å². The Morgan fingerprint density at radius 3 is 1.69 bits per heavy atom. The van der Waals surface area contributed by atoms with Gasteiger partial charge in [0.1, 0.15) is 5.82 Å². The van der Waals surface area contributed by atoms with E-state index in [1.807, 2.05) is 0 Å². The van der Waals surface area contributed by atoms with E-state index in [9.17, 15) is 0 Å². The summed E-state index contributed by atoms with van der Waals surface area (Å²) in [5.74, 6) is 0.978. The highest BCUT2D eigenvalue weighted by Crippen LogP contribution is 2.03. The fourth-order valence-corrected chi connectivity index (χ4v) is 1.13. The highest BCUT2D eigenvalue weighted by atomic mass is 14.9. The molecule has 1 aromatic heterocycles. The molecule has 0 atom stereocenters. The molecule has 0 aliphatic heterocycles. The molecule has 0 bridgehead atoms. The third-order valence-corrected chi connectivity index (χ3v) is 1.92. The van der Waals surface area contributed by atoms with Crippen LogP contribution in [-0.2, 0) is 19.3 Å². The Morgan fingerprint density at radius 2 is 1.38 bits per heavy atom. The van der Waals surface area contributed by atoms with E-state index in [4.69, 9.17) is 0 Å². The van der Waals surface area contributed by atoms with E-state index in [-0.39, 0.29) is 7.43 Å². The zero-order valence-electron chi connectivity index (χ0n) is 8.09. The summed E-state index contributed by atoms with van der Waals surface area (Å²) in [5.41, 5.74) is 2.33. The lowest BCUT2D eigenvalue weighted by atomic mass is 10.2. The average Bonchev–Trinajstić information content (AvgIpc) is 2.16. The summed E-state index contributed by atoms with van der Waals surface area (Å²) in [6.07, 6.45) is 2.94. The zero-order valence-corrected chi connectivity index (χ0v) is 8.09. The molecule has 0 aliphatic rings. The number of nitrogens with zero attached hydrogens (tertiary/aromatic N) is 2. The number of aromatic nitrogens is 2. The van der Waals surface area contributed by atoms with Crippen LogP contribution < -0.4 is 0 Å². The Morgan fingerprint density at radius 1 is 0.923 bits per heavy atom. The van der Waals surface area contributed by atoms with E-state index in [1.54, 1.807) is 0 Å². The van der Waals surface area contributed by atoms with Gasteiger partial charge in [-0.05, 0) is 18.9 Å². The summed E-state index contributed by atoms with van der Waals surface area (Å²) in [4.78, 5) is 8.81. The Kier molecular flexibility index (Phi) is 5.28. The SMILES string of the molecule is C.CCc1cc(CC)nc(CC)n1. The summed E-state index contributed by atoms with van der Waals surface area (Å²) in [6, 6.07) is 2.10. The van der Waals surface area contributed by atoms with Crippen molar-refractivity contribution in [3.63, 3.8) is 0 Å². The van der Waals surface area contributed by atoms with Crippen molar-refractivity contribution < 1.29 is 0 Å². The molecule has 2 heteroatoms. The van der Waals surface area contributed by atoms with Crippen molar-refractivity contribution in [2.75, 3.05) is 0 Å². The van der Waals surface area contributed by atoms with Crippen LogP contribution in [0.15, 0.2) is 6.07 Å². The summed E-state index contributed by atoms with van der Waals surface area (Å²) in [5, 5.41) is 0. The fraction of sp³-hybridized carbons (Fsp3) is 0.636. The molecular formula is C11H20N2. The van der Waals surface area contributed by atoms with Crippen molar-refractivity contribution >= 4 is 0 Å². The number of hydrogen-bond acceptors (Lipinski definition) is 2. The first-order valence-corrected chi connectivity index (χ1v) is 4.65. The van der Waals surface area contributed by atoms with E-state index in [1.165, 1.54) is 11.4 Å². The molecule has 0 saturated heterocycles. The molecule has 0 amide bonds. The standard InChI is InChI=1S/C10H16N2.CH4/c1-4-8-7-9(5-2)12-10(6-3)11-8;/h7H,4-6H2,1-3H3;1H4. The molecule has 13 heavy (non-hydrogen) atoms. The molecule has 1 aromatic rings. The van der Waals surface area contributed by atoms with Gasteiger partial charge in [0.15, 0.2) is 0 Å². The zero-order chi connectivity index (χ0) is 8.97. The first-order chi connectivity index (χ1) is 5.80. The van der Waals surface area contributed by atoms with Crippen molar-refractivity contribution in [3.8, 4) is 0 Å². The first-order valence-electron chi connectivity index (χ1n) is 4.65. The molecule has 0 aromatic carbocycles. The predicted octanol–water partition coefficient (Wildman–Crippen LogP) is 2.80. The molecule has 2 nitrogen and oxygen atoms in total. The number of hydrogen-bond donors (Lipinski definition) is 0. The Hall–Kier alpha value is -0.920. The molecule has 74 valence electrons. The monoisotopic (exact) mass is 180 g/mol. The largest absolute Gasteiger partial charge is 0.238 e. The van der Waals surface area contributed by atoms with Crippen molar-refractivity contribution in [1.82, 2.24) is 9.97 Å². The van der Waals surface area contributed by atoms with Crippen molar-refractivity contribution in [2.45, 2.75) is 47.5 Å². The van der Waals surface area contributed by atoms with Crippen LogP contribution in [0.5, 0.6) is 0 Å². The topological polar surface area (TPSA) is 25.8 Å². The maximum Gasteiger partial charge on any atom is 0.128 e. The highest BCUT2D eigenvalue weighted by molar-refractivity contribution is 5.11.